The van der Waals surface area contributed by atoms with Gasteiger partial charge < -0.3 is 4.65 Å². The first-order valence-corrected chi connectivity index (χ1v) is 3.66. The van der Waals surface area contributed by atoms with Gasteiger partial charge in [0, 0.05) is 0 Å². The van der Waals surface area contributed by atoms with Crippen LogP contribution in [0.4, 0.5) is 8.63 Å². The van der Waals surface area contributed by atoms with Gasteiger partial charge in [0.1, 0.15) is 5.75 Å². The van der Waals surface area contributed by atoms with Gasteiger partial charge in [-0.25, -0.2) is 8.63 Å². The SMILES string of the molecule is CC(=O)c1ccccc1OB(F)F. The lowest BCUT2D eigenvalue weighted by atomic mass is 10.1. The van der Waals surface area contributed by atoms with Gasteiger partial charge in [0.25, 0.3) is 0 Å². The molecule has 0 saturated carbocycles. The molecule has 0 saturated heterocycles. The van der Waals surface area contributed by atoms with Gasteiger partial charge in [0.05, 0.1) is 5.56 Å². The lowest BCUT2D eigenvalue weighted by molar-refractivity contribution is 0.101. The van der Waals surface area contributed by atoms with Crippen LogP contribution in [-0.4, -0.2) is 13.3 Å². The molecule has 0 fully saturated rings. The minimum Gasteiger partial charge on any atom is -0.505 e. The van der Waals surface area contributed by atoms with E-state index in [0.717, 1.165) is 0 Å². The molecule has 0 heterocycles. The zero-order valence-corrected chi connectivity index (χ0v) is 6.96. The molecule has 1 rings (SSSR count). The molecule has 2 nitrogen and oxygen atoms in total. The van der Waals surface area contributed by atoms with Crippen molar-refractivity contribution in [2.45, 2.75) is 6.92 Å². The number of hydrogen-bond donors (Lipinski definition) is 0. The van der Waals surface area contributed by atoms with Gasteiger partial charge in [-0.15, -0.1) is 0 Å². The van der Waals surface area contributed by atoms with Crippen molar-refractivity contribution in [2.24, 2.45) is 0 Å². The summed E-state index contributed by atoms with van der Waals surface area (Å²) in [6.07, 6.45) is 0. The largest absolute Gasteiger partial charge is 0.796 e. The Morgan fingerprint density at radius 3 is 2.54 bits per heavy atom. The summed E-state index contributed by atoms with van der Waals surface area (Å²) in [6.45, 7) is 1.30. The molecule has 1 aromatic carbocycles. The predicted molar refractivity (Wildman–Crippen MR) is 45.0 cm³/mol. The third-order valence-electron chi connectivity index (χ3n) is 1.48. The Morgan fingerprint density at radius 1 is 1.38 bits per heavy atom. The summed E-state index contributed by atoms with van der Waals surface area (Å²) in [5, 5.41) is 0. The Bertz CT molecular complexity index is 315. The number of carbonyl (C=O) groups is 1. The zero-order chi connectivity index (χ0) is 9.84. The maximum atomic E-state index is 11.8. The average molecular weight is 184 g/mol. The Kier molecular flexibility index (Phi) is 3.00. The van der Waals surface area contributed by atoms with E-state index < -0.39 is 7.47 Å². The minimum atomic E-state index is -2.90. The topological polar surface area (TPSA) is 26.3 Å². The van der Waals surface area contributed by atoms with Crippen LogP contribution in [0.25, 0.3) is 0 Å². The molecule has 0 aliphatic carbocycles. The number of Topliss-reactive ketones (excluding diaryl/α,β-unsaturated/α-hetero) is 1. The number of hydrogen-bond acceptors (Lipinski definition) is 2. The van der Waals surface area contributed by atoms with Crippen molar-refractivity contribution in [3.8, 4) is 5.75 Å². The summed E-state index contributed by atoms with van der Waals surface area (Å²) < 4.78 is 27.8. The minimum absolute atomic E-state index is 0.0787. The van der Waals surface area contributed by atoms with Crippen molar-refractivity contribution in [2.75, 3.05) is 0 Å². The van der Waals surface area contributed by atoms with E-state index >= 15 is 0 Å². The summed E-state index contributed by atoms with van der Waals surface area (Å²) >= 11 is 0. The van der Waals surface area contributed by atoms with Crippen LogP contribution in [-0.2, 0) is 0 Å². The molecule has 68 valence electrons. The van der Waals surface area contributed by atoms with E-state index in [2.05, 4.69) is 4.65 Å². The summed E-state index contributed by atoms with van der Waals surface area (Å²) in [4.78, 5) is 10.9. The summed E-state index contributed by atoms with van der Waals surface area (Å²) in [6, 6.07) is 5.90. The van der Waals surface area contributed by atoms with Crippen molar-refractivity contribution in [1.29, 1.82) is 0 Å². The van der Waals surface area contributed by atoms with Gasteiger partial charge in [-0.3, -0.25) is 4.79 Å². The molecule has 0 amide bonds. The van der Waals surface area contributed by atoms with E-state index in [0.29, 0.717) is 0 Å². The molecular formula is C8H7BF2O2. The van der Waals surface area contributed by atoms with E-state index in [1.807, 2.05) is 0 Å². The van der Waals surface area contributed by atoms with Gasteiger partial charge in [-0.05, 0) is 19.1 Å². The van der Waals surface area contributed by atoms with E-state index in [1.165, 1.54) is 25.1 Å². The first-order chi connectivity index (χ1) is 6.11. The van der Waals surface area contributed by atoms with Crippen molar-refractivity contribution >= 4 is 13.3 Å². The number of carbonyl (C=O) groups excluding carboxylic acids is 1. The second-order valence-electron chi connectivity index (χ2n) is 2.43. The summed E-state index contributed by atoms with van der Waals surface area (Å²) in [5.41, 5.74) is 0.169. The normalized spacial score (nSPS) is 9.46. The van der Waals surface area contributed by atoms with Gasteiger partial charge >= 0.3 is 7.47 Å². The van der Waals surface area contributed by atoms with Crippen molar-refractivity contribution < 1.29 is 18.1 Å². The second kappa shape index (κ2) is 4.02. The fraction of sp³-hybridized carbons (Fsp3) is 0.125. The predicted octanol–water partition coefficient (Wildman–Crippen LogP) is 2.19. The first kappa shape index (κ1) is 9.70. The average Bonchev–Trinajstić information content (AvgIpc) is 2.03. The van der Waals surface area contributed by atoms with Gasteiger partial charge in [0.15, 0.2) is 5.78 Å². The van der Waals surface area contributed by atoms with Crippen LogP contribution in [0.5, 0.6) is 5.75 Å². The molecule has 0 spiro atoms. The smallest absolute Gasteiger partial charge is 0.505 e. The summed E-state index contributed by atoms with van der Waals surface area (Å²) in [5.74, 6) is -0.374. The molecule has 0 aliphatic rings. The van der Waals surface area contributed by atoms with Crippen LogP contribution in [0.3, 0.4) is 0 Å². The molecule has 0 atom stereocenters. The van der Waals surface area contributed by atoms with Gasteiger partial charge in [-0.1, -0.05) is 12.1 Å². The highest BCUT2D eigenvalue weighted by Gasteiger charge is 2.20. The standard InChI is InChI=1S/C8H7BF2O2/c1-6(12)7-4-2-3-5-8(7)13-9(10)11/h2-5H,1H3. The number of halogens is 2. The van der Waals surface area contributed by atoms with Gasteiger partial charge in [0.2, 0.25) is 0 Å². The fourth-order valence-corrected chi connectivity index (χ4v) is 0.956. The van der Waals surface area contributed by atoms with Crippen LogP contribution >= 0.6 is 0 Å². The Balaban J connectivity index is 2.98. The highest BCUT2D eigenvalue weighted by molar-refractivity contribution is 6.35. The molecule has 0 bridgehead atoms. The highest BCUT2D eigenvalue weighted by atomic mass is 19.2. The maximum Gasteiger partial charge on any atom is 0.796 e. The van der Waals surface area contributed by atoms with E-state index in [-0.39, 0.29) is 17.1 Å². The number of ketones is 1. The van der Waals surface area contributed by atoms with Crippen LogP contribution in [0.15, 0.2) is 24.3 Å². The number of rotatable bonds is 3. The van der Waals surface area contributed by atoms with E-state index in [4.69, 9.17) is 0 Å². The molecule has 0 N–H and O–H groups in total. The molecule has 0 aliphatic heterocycles. The Morgan fingerprint density at radius 2 is 2.00 bits per heavy atom. The Hall–Kier alpha value is -1.39. The van der Waals surface area contributed by atoms with Crippen LogP contribution in [0.1, 0.15) is 17.3 Å². The lowest BCUT2D eigenvalue weighted by Crippen LogP contribution is -2.11. The lowest BCUT2D eigenvalue weighted by Gasteiger charge is -2.05. The van der Waals surface area contributed by atoms with Crippen LogP contribution in [0, 0.1) is 0 Å². The summed E-state index contributed by atoms with van der Waals surface area (Å²) in [7, 11) is -2.90. The molecule has 0 aromatic heterocycles. The van der Waals surface area contributed by atoms with E-state index in [1.54, 1.807) is 6.07 Å². The fourth-order valence-electron chi connectivity index (χ4n) is 0.956. The van der Waals surface area contributed by atoms with Crippen molar-refractivity contribution in [3.05, 3.63) is 29.8 Å². The first-order valence-electron chi connectivity index (χ1n) is 3.66. The van der Waals surface area contributed by atoms with Crippen molar-refractivity contribution in [3.63, 3.8) is 0 Å². The van der Waals surface area contributed by atoms with Gasteiger partial charge in [-0.2, -0.15) is 0 Å². The van der Waals surface area contributed by atoms with Crippen LogP contribution < -0.4 is 4.65 Å². The molecule has 13 heavy (non-hydrogen) atoms. The quantitative estimate of drug-likeness (QED) is 0.531. The molecule has 5 heteroatoms. The Labute approximate surface area is 74.7 Å². The maximum absolute atomic E-state index is 11.8. The third-order valence-corrected chi connectivity index (χ3v) is 1.48. The molecule has 0 unspecified atom stereocenters. The highest BCUT2D eigenvalue weighted by Crippen LogP contribution is 2.19. The third kappa shape index (κ3) is 2.54. The zero-order valence-electron chi connectivity index (χ0n) is 6.96. The molecule has 0 radical (unpaired) electrons. The van der Waals surface area contributed by atoms with Crippen molar-refractivity contribution in [1.82, 2.24) is 0 Å². The van der Waals surface area contributed by atoms with Crippen LogP contribution in [0.2, 0.25) is 0 Å². The molecular weight excluding hydrogens is 177 g/mol. The van der Waals surface area contributed by atoms with E-state index in [9.17, 15) is 13.4 Å². The number of para-hydroxylation sites is 1. The molecule has 1 aromatic rings. The monoisotopic (exact) mass is 184 g/mol. The second-order valence-corrected chi connectivity index (χ2v) is 2.43. The number of benzene rings is 1.